The van der Waals surface area contributed by atoms with E-state index in [0.29, 0.717) is 39.7 Å². The number of nitrogens with one attached hydrogen (secondary N) is 1. The zero-order valence-corrected chi connectivity index (χ0v) is 20.1. The maximum atomic E-state index is 13.3. The third-order valence-electron chi connectivity index (χ3n) is 5.14. The van der Waals surface area contributed by atoms with Crippen LogP contribution in [-0.4, -0.2) is 43.0 Å². The molecule has 1 amide bonds. The summed E-state index contributed by atoms with van der Waals surface area (Å²) in [5.74, 6) is 0.0794. The minimum Gasteiger partial charge on any atom is -0.497 e. The van der Waals surface area contributed by atoms with Gasteiger partial charge in [-0.3, -0.25) is 18.7 Å². The molecular weight excluding hydrogens is 451 g/mol. The van der Waals surface area contributed by atoms with E-state index in [4.69, 9.17) is 20.9 Å². The first kappa shape index (κ1) is 24.1. The highest BCUT2D eigenvalue weighted by molar-refractivity contribution is 7.58. The smallest absolute Gasteiger partial charge is 0.262 e. The van der Waals surface area contributed by atoms with Gasteiger partial charge < -0.3 is 14.6 Å². The van der Waals surface area contributed by atoms with E-state index in [1.165, 1.54) is 6.66 Å². The second-order valence-corrected chi connectivity index (χ2v) is 10.5. The van der Waals surface area contributed by atoms with Gasteiger partial charge in [0.2, 0.25) is 13.3 Å². The highest BCUT2D eigenvalue weighted by Gasteiger charge is 2.23. The van der Waals surface area contributed by atoms with E-state index in [0.717, 1.165) is 5.39 Å². The third kappa shape index (κ3) is 5.23. The van der Waals surface area contributed by atoms with Crippen molar-refractivity contribution in [1.29, 1.82) is 0 Å². The number of ether oxygens (including phenoxy) is 1. The predicted molar refractivity (Wildman–Crippen MR) is 126 cm³/mol. The number of fused-ring (bicyclic) bond motifs is 1. The van der Waals surface area contributed by atoms with Gasteiger partial charge in [-0.2, -0.15) is 0 Å². The van der Waals surface area contributed by atoms with Crippen molar-refractivity contribution < 1.29 is 23.4 Å². The van der Waals surface area contributed by atoms with Crippen LogP contribution in [0.25, 0.3) is 10.9 Å². The summed E-state index contributed by atoms with van der Waals surface area (Å²) in [4.78, 5) is 26.0. The van der Waals surface area contributed by atoms with Gasteiger partial charge in [0.15, 0.2) is 0 Å². The van der Waals surface area contributed by atoms with Gasteiger partial charge in [-0.15, -0.1) is 0 Å². The molecule has 3 rings (SSSR count). The Labute approximate surface area is 192 Å². The van der Waals surface area contributed by atoms with Crippen molar-refractivity contribution in [3.05, 3.63) is 64.3 Å². The number of methoxy groups -OCH3 is 1. The van der Waals surface area contributed by atoms with Crippen LogP contribution in [-0.2, 0) is 20.3 Å². The molecule has 32 heavy (non-hydrogen) atoms. The van der Waals surface area contributed by atoms with Crippen molar-refractivity contribution in [3.8, 4) is 5.75 Å². The molecule has 0 saturated heterocycles. The molecule has 1 atom stereocenters. The summed E-state index contributed by atoms with van der Waals surface area (Å²) in [5, 5.41) is 3.97. The molecule has 7 nitrogen and oxygen atoms in total. The van der Waals surface area contributed by atoms with Crippen LogP contribution in [0.15, 0.2) is 42.5 Å². The second kappa shape index (κ2) is 9.90. The van der Waals surface area contributed by atoms with E-state index in [-0.39, 0.29) is 24.5 Å². The Bertz CT molecular complexity index is 1200. The van der Waals surface area contributed by atoms with Crippen molar-refractivity contribution in [3.63, 3.8) is 0 Å². The number of hydrogen-bond donors (Lipinski definition) is 1. The van der Waals surface area contributed by atoms with Crippen LogP contribution in [0.1, 0.15) is 28.5 Å². The fourth-order valence-corrected chi connectivity index (χ4v) is 4.80. The first-order valence-corrected chi connectivity index (χ1v) is 12.8. The molecule has 0 radical (unpaired) electrons. The SMILES string of the molecule is CCOP(C)(=O)CNC(=O)Cc1c(C)n(C(=O)c2ccc(Cl)cc2)c2ccc(OC)cc12. The van der Waals surface area contributed by atoms with Gasteiger partial charge in [-0.25, -0.2) is 0 Å². The van der Waals surface area contributed by atoms with Crippen molar-refractivity contribution >= 4 is 41.7 Å². The van der Waals surface area contributed by atoms with E-state index in [1.807, 2.05) is 6.07 Å². The van der Waals surface area contributed by atoms with Crippen molar-refractivity contribution in [2.75, 3.05) is 26.7 Å². The number of nitrogens with zero attached hydrogens (tertiary/aromatic N) is 1. The molecule has 9 heteroatoms. The summed E-state index contributed by atoms with van der Waals surface area (Å²) in [5.41, 5.74) is 2.49. The fourth-order valence-electron chi connectivity index (χ4n) is 3.57. The summed E-state index contributed by atoms with van der Waals surface area (Å²) in [7, 11) is -1.34. The minimum absolute atomic E-state index is 0.0164. The molecule has 0 aliphatic rings. The molecule has 0 saturated carbocycles. The average molecular weight is 477 g/mol. The molecule has 0 spiro atoms. The Kier molecular flexibility index (Phi) is 7.44. The van der Waals surface area contributed by atoms with Crippen LogP contribution in [0, 0.1) is 6.92 Å². The topological polar surface area (TPSA) is 86.6 Å². The van der Waals surface area contributed by atoms with Crippen LogP contribution in [0.4, 0.5) is 0 Å². The summed E-state index contributed by atoms with van der Waals surface area (Å²) < 4.78 is 24.4. The molecule has 0 fully saturated rings. The fraction of sp³-hybridized carbons (Fsp3) is 0.304. The average Bonchev–Trinajstić information content (AvgIpc) is 3.03. The molecule has 1 aromatic heterocycles. The number of carbonyl (C=O) groups excluding carboxylic acids is 2. The minimum atomic E-state index is -2.90. The van der Waals surface area contributed by atoms with E-state index in [9.17, 15) is 14.2 Å². The second-order valence-electron chi connectivity index (χ2n) is 7.46. The maximum Gasteiger partial charge on any atom is 0.262 e. The van der Waals surface area contributed by atoms with E-state index >= 15 is 0 Å². The Morgan fingerprint density at radius 1 is 1.16 bits per heavy atom. The normalized spacial score (nSPS) is 13.0. The number of halogens is 1. The lowest BCUT2D eigenvalue weighted by Gasteiger charge is -2.13. The summed E-state index contributed by atoms with van der Waals surface area (Å²) in [6.07, 6.45) is -0.0348. The van der Waals surface area contributed by atoms with Crippen LogP contribution < -0.4 is 10.1 Å². The van der Waals surface area contributed by atoms with Gasteiger partial charge in [0.05, 0.1) is 31.9 Å². The summed E-state index contributed by atoms with van der Waals surface area (Å²) in [6, 6.07) is 12.0. The first-order chi connectivity index (χ1) is 15.2. The van der Waals surface area contributed by atoms with Gasteiger partial charge in [0, 0.05) is 28.3 Å². The molecule has 0 aliphatic carbocycles. The number of rotatable bonds is 8. The van der Waals surface area contributed by atoms with Crippen LogP contribution in [0.5, 0.6) is 5.75 Å². The van der Waals surface area contributed by atoms with Gasteiger partial charge in [-0.1, -0.05) is 11.6 Å². The van der Waals surface area contributed by atoms with E-state index in [1.54, 1.807) is 61.9 Å². The monoisotopic (exact) mass is 476 g/mol. The molecule has 1 heterocycles. The number of amides is 1. The quantitative estimate of drug-likeness (QED) is 0.469. The number of aromatic nitrogens is 1. The van der Waals surface area contributed by atoms with Crippen molar-refractivity contribution in [1.82, 2.24) is 9.88 Å². The molecular formula is C23H26ClN2O5P. The van der Waals surface area contributed by atoms with Gasteiger partial charge >= 0.3 is 0 Å². The van der Waals surface area contributed by atoms with Gasteiger partial charge in [-0.05, 0) is 61.9 Å². The first-order valence-electron chi connectivity index (χ1n) is 10.1. The maximum absolute atomic E-state index is 13.3. The van der Waals surface area contributed by atoms with E-state index < -0.39 is 7.37 Å². The van der Waals surface area contributed by atoms with Crippen molar-refractivity contribution in [2.45, 2.75) is 20.3 Å². The Morgan fingerprint density at radius 2 is 1.84 bits per heavy atom. The van der Waals surface area contributed by atoms with Crippen LogP contribution in [0.3, 0.4) is 0 Å². The standard InChI is InChI=1S/C23H26ClN2O5P/c1-5-31-32(4,29)14-25-22(27)13-19-15(2)26(21-11-10-18(30-3)12-20(19)21)23(28)16-6-8-17(24)9-7-16/h6-12H,5,13-14H2,1-4H3,(H,25,27). The lowest BCUT2D eigenvalue weighted by atomic mass is 10.1. The zero-order chi connectivity index (χ0) is 23.5. The van der Waals surface area contributed by atoms with Crippen LogP contribution in [0.2, 0.25) is 5.02 Å². The highest BCUT2D eigenvalue weighted by Crippen LogP contribution is 2.40. The lowest BCUT2D eigenvalue weighted by Crippen LogP contribution is -2.26. The van der Waals surface area contributed by atoms with E-state index in [2.05, 4.69) is 5.32 Å². The Balaban J connectivity index is 1.99. The predicted octanol–water partition coefficient (Wildman–Crippen LogP) is 4.86. The number of hydrogen-bond acceptors (Lipinski definition) is 5. The Morgan fingerprint density at radius 3 is 2.47 bits per heavy atom. The largest absolute Gasteiger partial charge is 0.497 e. The molecule has 0 aliphatic heterocycles. The highest BCUT2D eigenvalue weighted by atomic mass is 35.5. The van der Waals surface area contributed by atoms with Crippen molar-refractivity contribution in [2.24, 2.45) is 0 Å². The molecule has 1 unspecified atom stereocenters. The summed E-state index contributed by atoms with van der Waals surface area (Å²) in [6.45, 7) is 5.35. The molecule has 1 N–H and O–H groups in total. The lowest BCUT2D eigenvalue weighted by molar-refractivity contribution is -0.120. The number of benzene rings is 2. The zero-order valence-electron chi connectivity index (χ0n) is 18.5. The third-order valence-corrected chi connectivity index (χ3v) is 6.93. The Hall–Kier alpha value is -2.60. The molecule has 2 aromatic carbocycles. The van der Waals surface area contributed by atoms with Gasteiger partial charge in [0.1, 0.15) is 5.75 Å². The van der Waals surface area contributed by atoms with Gasteiger partial charge in [0.25, 0.3) is 5.91 Å². The number of carbonyl (C=O) groups is 2. The molecule has 3 aromatic rings. The molecule has 170 valence electrons. The van der Waals surface area contributed by atoms with Crippen LogP contribution >= 0.6 is 19.0 Å². The molecule has 0 bridgehead atoms. The summed E-state index contributed by atoms with van der Waals surface area (Å²) >= 11 is 5.96.